The Balaban J connectivity index is 2.71. The van der Waals surface area contributed by atoms with Crippen molar-refractivity contribution in [3.05, 3.63) is 28.2 Å². The quantitative estimate of drug-likeness (QED) is 0.864. The SMILES string of the molecule is CC(C)(O)C1CS(=O)(=O)c2cccc(Br)c21. The number of benzene rings is 1. The summed E-state index contributed by atoms with van der Waals surface area (Å²) in [4.78, 5) is 0.342. The van der Waals surface area contributed by atoms with Crippen molar-refractivity contribution in [2.45, 2.75) is 30.3 Å². The normalized spacial score (nSPS) is 23.1. The fourth-order valence-electron chi connectivity index (χ4n) is 2.08. The van der Waals surface area contributed by atoms with Crippen LogP contribution in [-0.4, -0.2) is 24.9 Å². The summed E-state index contributed by atoms with van der Waals surface area (Å²) in [5, 5.41) is 10.0. The molecule has 3 nitrogen and oxygen atoms in total. The lowest BCUT2D eigenvalue weighted by molar-refractivity contribution is 0.0573. The maximum atomic E-state index is 11.9. The number of rotatable bonds is 1. The summed E-state index contributed by atoms with van der Waals surface area (Å²) >= 11 is 3.36. The second-order valence-electron chi connectivity index (χ2n) is 4.64. The first kappa shape index (κ1) is 12.1. The summed E-state index contributed by atoms with van der Waals surface area (Å²) in [6.07, 6.45) is 0. The molecule has 16 heavy (non-hydrogen) atoms. The second-order valence-corrected chi connectivity index (χ2v) is 7.50. The van der Waals surface area contributed by atoms with Crippen molar-refractivity contribution in [2.24, 2.45) is 0 Å². The first-order valence-electron chi connectivity index (χ1n) is 4.97. The zero-order chi connectivity index (χ0) is 12.1. The third kappa shape index (κ3) is 1.81. The maximum absolute atomic E-state index is 11.9. The van der Waals surface area contributed by atoms with Crippen LogP contribution in [0.1, 0.15) is 25.3 Å². The molecule has 0 saturated heterocycles. The van der Waals surface area contributed by atoms with E-state index in [-0.39, 0.29) is 11.7 Å². The van der Waals surface area contributed by atoms with Crippen LogP contribution in [0, 0.1) is 0 Å². The van der Waals surface area contributed by atoms with Crippen molar-refractivity contribution in [3.8, 4) is 0 Å². The minimum atomic E-state index is -3.25. The van der Waals surface area contributed by atoms with Crippen molar-refractivity contribution in [3.63, 3.8) is 0 Å². The Kier molecular flexibility index (Phi) is 2.68. The predicted octanol–water partition coefficient (Wildman–Crippen LogP) is 2.09. The Morgan fingerprint density at radius 2 is 2.06 bits per heavy atom. The highest BCUT2D eigenvalue weighted by Crippen LogP contribution is 2.44. The molecule has 1 unspecified atom stereocenters. The van der Waals surface area contributed by atoms with Crippen LogP contribution in [0.4, 0.5) is 0 Å². The van der Waals surface area contributed by atoms with Crippen LogP contribution in [0.2, 0.25) is 0 Å². The van der Waals surface area contributed by atoms with Gasteiger partial charge in [-0.2, -0.15) is 0 Å². The van der Waals surface area contributed by atoms with E-state index in [0.717, 1.165) is 4.47 Å². The van der Waals surface area contributed by atoms with E-state index in [9.17, 15) is 13.5 Å². The summed E-state index contributed by atoms with van der Waals surface area (Å²) in [5.41, 5.74) is -0.336. The number of halogens is 1. The molecule has 0 aliphatic carbocycles. The second kappa shape index (κ2) is 3.55. The standard InChI is InChI=1S/C11H13BrO3S/c1-11(2,13)7-6-16(14,15)9-5-3-4-8(12)10(7)9/h3-5,7,13H,6H2,1-2H3. The molecule has 2 rings (SSSR count). The Hall–Kier alpha value is -0.390. The average Bonchev–Trinajstić information content (AvgIpc) is 2.39. The summed E-state index contributed by atoms with van der Waals surface area (Å²) in [5.74, 6) is -0.392. The average molecular weight is 305 g/mol. The molecule has 0 radical (unpaired) electrons. The van der Waals surface area contributed by atoms with Gasteiger partial charge in [0, 0.05) is 10.4 Å². The molecule has 1 heterocycles. The van der Waals surface area contributed by atoms with Crippen molar-refractivity contribution < 1.29 is 13.5 Å². The van der Waals surface area contributed by atoms with Gasteiger partial charge in [-0.15, -0.1) is 0 Å². The number of aliphatic hydroxyl groups is 1. The van der Waals surface area contributed by atoms with Gasteiger partial charge in [-0.25, -0.2) is 8.42 Å². The number of hydrogen-bond donors (Lipinski definition) is 1. The number of sulfone groups is 1. The fraction of sp³-hybridized carbons (Fsp3) is 0.455. The van der Waals surface area contributed by atoms with Gasteiger partial charge in [0.25, 0.3) is 0 Å². The molecule has 88 valence electrons. The highest BCUT2D eigenvalue weighted by atomic mass is 79.9. The van der Waals surface area contributed by atoms with Gasteiger partial charge >= 0.3 is 0 Å². The van der Waals surface area contributed by atoms with E-state index in [2.05, 4.69) is 15.9 Å². The molecule has 1 N–H and O–H groups in total. The molecule has 1 aromatic carbocycles. The van der Waals surface area contributed by atoms with E-state index in [1.807, 2.05) is 0 Å². The Labute approximate surface area is 104 Å². The molecule has 1 atom stereocenters. The molecule has 0 spiro atoms. The van der Waals surface area contributed by atoms with Gasteiger partial charge in [0.15, 0.2) is 9.84 Å². The van der Waals surface area contributed by atoms with Gasteiger partial charge in [0.05, 0.1) is 16.2 Å². The van der Waals surface area contributed by atoms with Crippen LogP contribution < -0.4 is 0 Å². The van der Waals surface area contributed by atoms with Crippen LogP contribution in [0.3, 0.4) is 0 Å². The molecule has 1 aliphatic heterocycles. The highest BCUT2D eigenvalue weighted by molar-refractivity contribution is 9.10. The molecular formula is C11H13BrO3S. The van der Waals surface area contributed by atoms with Gasteiger partial charge in [-0.1, -0.05) is 22.0 Å². The molecule has 5 heteroatoms. The number of hydrogen-bond acceptors (Lipinski definition) is 3. The van der Waals surface area contributed by atoms with Gasteiger partial charge in [0.2, 0.25) is 0 Å². The Morgan fingerprint density at radius 3 is 2.62 bits per heavy atom. The summed E-state index contributed by atoms with van der Waals surface area (Å²) in [6, 6.07) is 5.10. The third-order valence-corrected chi connectivity index (χ3v) is 5.43. The topological polar surface area (TPSA) is 54.4 Å². The van der Waals surface area contributed by atoms with E-state index in [4.69, 9.17) is 0 Å². The molecule has 0 amide bonds. The van der Waals surface area contributed by atoms with Crippen LogP contribution >= 0.6 is 15.9 Å². The molecule has 0 bridgehead atoms. The van der Waals surface area contributed by atoms with Crippen molar-refractivity contribution in [2.75, 3.05) is 5.75 Å². The minimum Gasteiger partial charge on any atom is -0.390 e. The Bertz CT molecular complexity index is 529. The third-order valence-electron chi connectivity index (χ3n) is 2.94. The van der Waals surface area contributed by atoms with Crippen molar-refractivity contribution in [1.82, 2.24) is 0 Å². The zero-order valence-electron chi connectivity index (χ0n) is 9.07. The smallest absolute Gasteiger partial charge is 0.179 e. The molecule has 0 aromatic heterocycles. The van der Waals surface area contributed by atoms with E-state index in [1.165, 1.54) is 0 Å². The molecule has 0 saturated carbocycles. The van der Waals surface area contributed by atoms with Gasteiger partial charge < -0.3 is 5.11 Å². The fourth-order valence-corrected chi connectivity index (χ4v) is 4.92. The summed E-state index contributed by atoms with van der Waals surface area (Å²) in [6.45, 7) is 3.28. The largest absolute Gasteiger partial charge is 0.390 e. The van der Waals surface area contributed by atoms with E-state index in [1.54, 1.807) is 32.0 Å². The van der Waals surface area contributed by atoms with Crippen molar-refractivity contribution >= 4 is 25.8 Å². The minimum absolute atomic E-state index is 0.0194. The van der Waals surface area contributed by atoms with E-state index < -0.39 is 15.4 Å². The Morgan fingerprint density at radius 1 is 1.44 bits per heavy atom. The first-order valence-corrected chi connectivity index (χ1v) is 7.41. The number of fused-ring (bicyclic) bond motifs is 1. The van der Waals surface area contributed by atoms with E-state index in [0.29, 0.717) is 10.5 Å². The predicted molar refractivity (Wildman–Crippen MR) is 65.2 cm³/mol. The lowest BCUT2D eigenvalue weighted by Gasteiger charge is -2.25. The van der Waals surface area contributed by atoms with Crippen LogP contribution in [0.5, 0.6) is 0 Å². The van der Waals surface area contributed by atoms with Crippen molar-refractivity contribution in [1.29, 1.82) is 0 Å². The van der Waals surface area contributed by atoms with Gasteiger partial charge in [0.1, 0.15) is 0 Å². The first-order chi connectivity index (χ1) is 7.23. The highest BCUT2D eigenvalue weighted by Gasteiger charge is 2.43. The maximum Gasteiger partial charge on any atom is 0.179 e. The molecule has 1 aliphatic rings. The summed E-state index contributed by atoms with van der Waals surface area (Å²) < 4.78 is 24.6. The van der Waals surface area contributed by atoms with Gasteiger partial charge in [-0.3, -0.25) is 0 Å². The van der Waals surface area contributed by atoms with Crippen LogP contribution in [0.25, 0.3) is 0 Å². The van der Waals surface area contributed by atoms with Gasteiger partial charge in [-0.05, 0) is 31.5 Å². The molecule has 0 fully saturated rings. The molecular weight excluding hydrogens is 292 g/mol. The van der Waals surface area contributed by atoms with Crippen LogP contribution in [0.15, 0.2) is 27.6 Å². The lowest BCUT2D eigenvalue weighted by Crippen LogP contribution is -2.30. The van der Waals surface area contributed by atoms with E-state index >= 15 is 0 Å². The zero-order valence-corrected chi connectivity index (χ0v) is 11.5. The monoisotopic (exact) mass is 304 g/mol. The van der Waals surface area contributed by atoms with Crippen LogP contribution in [-0.2, 0) is 9.84 Å². The molecule has 1 aromatic rings. The lowest BCUT2D eigenvalue weighted by atomic mass is 9.86. The summed E-state index contributed by atoms with van der Waals surface area (Å²) in [7, 11) is -3.25.